The van der Waals surface area contributed by atoms with Crippen molar-refractivity contribution in [2.24, 2.45) is 11.8 Å². The summed E-state index contributed by atoms with van der Waals surface area (Å²) in [5.74, 6) is 3.26. The zero-order valence-electron chi connectivity index (χ0n) is 26.9. The minimum absolute atomic E-state index is 0.0718. The van der Waals surface area contributed by atoms with Gasteiger partial charge in [0, 0.05) is 5.92 Å². The Morgan fingerprint density at radius 1 is 0.805 bits per heavy atom. The second-order valence-electron chi connectivity index (χ2n) is 12.1. The number of benzene rings is 2. The molecule has 0 saturated carbocycles. The molecule has 0 radical (unpaired) electrons. The minimum Gasteiger partial charge on any atom is -0.493 e. The molecule has 1 heterocycles. The van der Waals surface area contributed by atoms with Crippen LogP contribution in [0.2, 0.25) is 16.6 Å². The molecule has 2 aromatic carbocycles. The fraction of sp³-hybridized carbons (Fsp3) is 0.588. The summed E-state index contributed by atoms with van der Waals surface area (Å²) in [7, 11) is 4.45. The Balaban J connectivity index is 2.06. The Bertz CT molecular complexity index is 1110. The number of methoxy groups -OCH3 is 4. The van der Waals surface area contributed by atoms with Crippen LogP contribution in [0, 0.1) is 11.8 Å². The molecule has 6 nitrogen and oxygen atoms in total. The molecule has 0 bridgehead atoms. The van der Waals surface area contributed by atoms with Crippen LogP contribution in [0.4, 0.5) is 0 Å². The molecule has 0 unspecified atom stereocenters. The van der Waals surface area contributed by atoms with Crippen molar-refractivity contribution in [3.8, 4) is 23.0 Å². The van der Waals surface area contributed by atoms with E-state index in [1.807, 2.05) is 24.3 Å². The zero-order chi connectivity index (χ0) is 30.3. The van der Waals surface area contributed by atoms with Gasteiger partial charge in [0.2, 0.25) is 8.32 Å². The van der Waals surface area contributed by atoms with Crippen LogP contribution in [0.25, 0.3) is 0 Å². The van der Waals surface area contributed by atoms with E-state index in [9.17, 15) is 0 Å². The zero-order valence-corrected chi connectivity index (χ0v) is 27.9. The van der Waals surface area contributed by atoms with Crippen molar-refractivity contribution >= 4 is 8.32 Å². The average molecular weight is 585 g/mol. The molecule has 228 valence electrons. The molecular formula is C34H52O6Si. The number of allylic oxidation sites excluding steroid dienone is 1. The number of hydrogen-bond donors (Lipinski definition) is 0. The van der Waals surface area contributed by atoms with Gasteiger partial charge in [-0.3, -0.25) is 0 Å². The average Bonchev–Trinajstić information content (AvgIpc) is 2.96. The van der Waals surface area contributed by atoms with Crippen molar-refractivity contribution in [3.63, 3.8) is 0 Å². The highest BCUT2D eigenvalue weighted by Crippen LogP contribution is 2.51. The molecule has 3 rings (SSSR count). The number of rotatable bonds is 14. The molecule has 0 spiro atoms. The molecule has 0 aliphatic carbocycles. The topological polar surface area (TPSA) is 55.4 Å². The Kier molecular flexibility index (Phi) is 11.8. The lowest BCUT2D eigenvalue weighted by molar-refractivity contribution is -0.0879. The van der Waals surface area contributed by atoms with Gasteiger partial charge in [0.15, 0.2) is 23.0 Å². The maximum atomic E-state index is 7.56. The summed E-state index contributed by atoms with van der Waals surface area (Å²) in [4.78, 5) is 0. The van der Waals surface area contributed by atoms with Crippen molar-refractivity contribution in [1.82, 2.24) is 0 Å². The maximum Gasteiger partial charge on any atom is 0.201 e. The van der Waals surface area contributed by atoms with E-state index in [0.29, 0.717) is 46.2 Å². The Morgan fingerprint density at radius 3 is 1.85 bits per heavy atom. The smallest absolute Gasteiger partial charge is 0.201 e. The molecule has 1 saturated heterocycles. The molecule has 1 fully saturated rings. The third kappa shape index (κ3) is 6.95. The van der Waals surface area contributed by atoms with Crippen LogP contribution in [0.5, 0.6) is 23.0 Å². The van der Waals surface area contributed by atoms with Gasteiger partial charge in [-0.15, -0.1) is 6.58 Å². The summed E-state index contributed by atoms with van der Waals surface area (Å²) in [5.41, 5.74) is 3.57. The summed E-state index contributed by atoms with van der Waals surface area (Å²) in [6.45, 7) is 18.7. The fourth-order valence-electron chi connectivity index (χ4n) is 7.08. The second-order valence-corrected chi connectivity index (χ2v) is 17.5. The van der Waals surface area contributed by atoms with Crippen LogP contribution >= 0.6 is 0 Å². The van der Waals surface area contributed by atoms with Crippen LogP contribution in [0.15, 0.2) is 49.1 Å². The normalized spacial score (nSPS) is 20.3. The van der Waals surface area contributed by atoms with Gasteiger partial charge in [0.25, 0.3) is 0 Å². The van der Waals surface area contributed by atoms with E-state index in [0.717, 1.165) is 24.0 Å². The molecule has 4 atom stereocenters. The minimum atomic E-state index is -2.23. The lowest BCUT2D eigenvalue weighted by Gasteiger charge is -2.48. The summed E-state index contributed by atoms with van der Waals surface area (Å²) in [6.07, 6.45) is 3.59. The Labute approximate surface area is 249 Å². The van der Waals surface area contributed by atoms with Crippen LogP contribution in [-0.4, -0.2) is 43.4 Å². The summed E-state index contributed by atoms with van der Waals surface area (Å²) in [6, 6.07) is 12.3. The van der Waals surface area contributed by atoms with Gasteiger partial charge in [-0.05, 0) is 70.8 Å². The van der Waals surface area contributed by atoms with Gasteiger partial charge in [0.05, 0.1) is 47.3 Å². The highest BCUT2D eigenvalue weighted by Gasteiger charge is 2.49. The first-order chi connectivity index (χ1) is 19.6. The lowest BCUT2D eigenvalue weighted by atomic mass is 9.79. The van der Waals surface area contributed by atoms with Gasteiger partial charge in [-0.2, -0.15) is 0 Å². The van der Waals surface area contributed by atoms with E-state index >= 15 is 0 Å². The third-order valence-corrected chi connectivity index (χ3v) is 15.0. The molecule has 2 aromatic rings. The standard InChI is InChI=1S/C34H52O6Si/c1-12-13-25-18-28(21-39-33(25)26-14-16-29(35-8)31(19-26)37-10)34(27-15-17-30(36-9)32(20-27)38-11)40-41(22(2)3,23(4)5)24(6)7/h12,14-17,19-20,22-25,28,33-34H,1,13,18,21H2,2-11H3/t25-,28-,33-,34+/m0/s1. The van der Waals surface area contributed by atoms with Gasteiger partial charge >= 0.3 is 0 Å². The Morgan fingerprint density at radius 2 is 1.34 bits per heavy atom. The largest absolute Gasteiger partial charge is 0.493 e. The molecule has 0 amide bonds. The molecule has 1 aliphatic rings. The van der Waals surface area contributed by atoms with Crippen LogP contribution < -0.4 is 18.9 Å². The van der Waals surface area contributed by atoms with Crippen LogP contribution in [-0.2, 0) is 9.16 Å². The highest BCUT2D eigenvalue weighted by molar-refractivity contribution is 6.77. The molecule has 41 heavy (non-hydrogen) atoms. The number of ether oxygens (including phenoxy) is 5. The van der Waals surface area contributed by atoms with Crippen molar-refractivity contribution in [2.75, 3.05) is 35.0 Å². The summed E-state index contributed by atoms with van der Waals surface area (Å²) in [5, 5.41) is 0. The maximum absolute atomic E-state index is 7.56. The third-order valence-electron chi connectivity index (χ3n) is 8.93. The van der Waals surface area contributed by atoms with E-state index in [4.69, 9.17) is 28.1 Å². The van der Waals surface area contributed by atoms with Crippen LogP contribution in [0.3, 0.4) is 0 Å². The van der Waals surface area contributed by atoms with Gasteiger partial charge in [0.1, 0.15) is 0 Å². The van der Waals surface area contributed by atoms with Gasteiger partial charge in [-0.25, -0.2) is 0 Å². The van der Waals surface area contributed by atoms with Crippen molar-refractivity contribution in [2.45, 2.75) is 83.2 Å². The van der Waals surface area contributed by atoms with Gasteiger partial charge < -0.3 is 28.1 Å². The lowest BCUT2D eigenvalue weighted by Crippen LogP contribution is -2.50. The molecule has 0 N–H and O–H groups in total. The number of hydrogen-bond acceptors (Lipinski definition) is 6. The first-order valence-electron chi connectivity index (χ1n) is 14.9. The second kappa shape index (κ2) is 14.6. The Hall–Kier alpha value is -2.48. The first-order valence-corrected chi connectivity index (χ1v) is 17.1. The van der Waals surface area contributed by atoms with E-state index in [2.05, 4.69) is 66.3 Å². The quantitative estimate of drug-likeness (QED) is 0.163. The van der Waals surface area contributed by atoms with Crippen molar-refractivity contribution in [3.05, 3.63) is 60.2 Å². The van der Waals surface area contributed by atoms with E-state index in [-0.39, 0.29) is 24.0 Å². The molecule has 7 heteroatoms. The predicted molar refractivity (Wildman–Crippen MR) is 169 cm³/mol. The van der Waals surface area contributed by atoms with E-state index < -0.39 is 8.32 Å². The molecule has 0 aromatic heterocycles. The first kappa shape index (κ1) is 33.0. The van der Waals surface area contributed by atoms with Crippen molar-refractivity contribution < 1.29 is 28.1 Å². The monoisotopic (exact) mass is 584 g/mol. The fourth-order valence-corrected chi connectivity index (χ4v) is 12.7. The van der Waals surface area contributed by atoms with Crippen LogP contribution in [0.1, 0.15) is 77.7 Å². The summed E-state index contributed by atoms with van der Waals surface area (Å²) >= 11 is 0. The van der Waals surface area contributed by atoms with Crippen molar-refractivity contribution in [1.29, 1.82) is 0 Å². The van der Waals surface area contributed by atoms with E-state index in [1.54, 1.807) is 28.4 Å². The predicted octanol–water partition coefficient (Wildman–Crippen LogP) is 8.92. The molecule has 1 aliphatic heterocycles. The SMILES string of the molecule is C=CC[C@H]1C[C@H]([C@H](O[Si](C(C)C)(C(C)C)C(C)C)c2ccc(OC)c(OC)c2)CO[C@@H]1c1ccc(OC)c(OC)c1. The van der Waals surface area contributed by atoms with Gasteiger partial charge in [-0.1, -0.05) is 59.8 Å². The highest BCUT2D eigenvalue weighted by atomic mass is 28.4. The van der Waals surface area contributed by atoms with E-state index in [1.165, 1.54) is 0 Å². The summed E-state index contributed by atoms with van der Waals surface area (Å²) < 4.78 is 36.7. The molecular weight excluding hydrogens is 532 g/mol.